The molecule has 0 aliphatic carbocycles. The summed E-state index contributed by atoms with van der Waals surface area (Å²) >= 11 is 0. The van der Waals surface area contributed by atoms with Gasteiger partial charge in [0.25, 0.3) is 0 Å². The number of hydrogen-bond donors (Lipinski definition) is 3. The van der Waals surface area contributed by atoms with Crippen molar-refractivity contribution in [2.75, 3.05) is 26.7 Å². The largest absolute Gasteiger partial charge is 0.457 e. The Hall–Kier alpha value is -1.88. The second kappa shape index (κ2) is 9.95. The molecule has 0 saturated carbocycles. The predicted octanol–water partition coefficient (Wildman–Crippen LogP) is 2.73. The first-order valence-corrected chi connectivity index (χ1v) is 7.80. The highest BCUT2D eigenvalue weighted by atomic mass is 16.5. The van der Waals surface area contributed by atoms with E-state index in [1.807, 2.05) is 49.5 Å². The zero-order valence-electron chi connectivity index (χ0n) is 13.1. The van der Waals surface area contributed by atoms with Gasteiger partial charge in [-0.2, -0.15) is 0 Å². The van der Waals surface area contributed by atoms with Crippen LogP contribution in [0.4, 0.5) is 0 Å². The van der Waals surface area contributed by atoms with E-state index in [0.717, 1.165) is 44.0 Å². The number of rotatable bonds is 10. The Labute approximate surface area is 132 Å². The first kappa shape index (κ1) is 16.5. The van der Waals surface area contributed by atoms with E-state index in [9.17, 15) is 0 Å². The monoisotopic (exact) mass is 299 g/mol. The summed E-state index contributed by atoms with van der Waals surface area (Å²) in [7, 11) is 1.89. The van der Waals surface area contributed by atoms with E-state index in [0.29, 0.717) is 0 Å². The van der Waals surface area contributed by atoms with E-state index in [4.69, 9.17) is 4.74 Å². The van der Waals surface area contributed by atoms with Crippen molar-refractivity contribution >= 4 is 0 Å². The third-order valence-electron chi connectivity index (χ3n) is 3.30. The van der Waals surface area contributed by atoms with E-state index in [-0.39, 0.29) is 0 Å². The lowest BCUT2D eigenvalue weighted by molar-refractivity contribution is 0.482. The molecule has 2 aromatic carbocycles. The predicted molar refractivity (Wildman–Crippen MR) is 91.2 cm³/mol. The zero-order valence-corrected chi connectivity index (χ0v) is 13.1. The van der Waals surface area contributed by atoms with E-state index >= 15 is 0 Å². The standard InChI is InChI=1S/C18H25N3O/c1-19-21-13-6-12-20-14-11-16-7-5-10-18(15-16)22-17-8-3-2-4-9-17/h2-5,7-10,15,19-21H,6,11-14H2,1H3. The van der Waals surface area contributed by atoms with Crippen LogP contribution >= 0.6 is 0 Å². The van der Waals surface area contributed by atoms with Gasteiger partial charge in [0.05, 0.1) is 0 Å². The van der Waals surface area contributed by atoms with Crippen molar-refractivity contribution in [1.82, 2.24) is 16.2 Å². The summed E-state index contributed by atoms with van der Waals surface area (Å²) in [5.74, 6) is 1.76. The second-order valence-electron chi connectivity index (χ2n) is 5.09. The molecule has 3 N–H and O–H groups in total. The molecule has 0 amide bonds. The van der Waals surface area contributed by atoms with Crippen molar-refractivity contribution in [3.8, 4) is 11.5 Å². The van der Waals surface area contributed by atoms with Crippen LogP contribution in [0.25, 0.3) is 0 Å². The van der Waals surface area contributed by atoms with E-state index < -0.39 is 0 Å². The van der Waals surface area contributed by atoms with E-state index in [2.05, 4.69) is 28.3 Å². The molecule has 4 nitrogen and oxygen atoms in total. The minimum atomic E-state index is 0.870. The van der Waals surface area contributed by atoms with Gasteiger partial charge in [0.2, 0.25) is 0 Å². The van der Waals surface area contributed by atoms with Crippen LogP contribution in [-0.2, 0) is 6.42 Å². The molecule has 0 bridgehead atoms. The molecule has 2 rings (SSSR count). The molecule has 0 aliphatic rings. The van der Waals surface area contributed by atoms with Crippen molar-refractivity contribution in [1.29, 1.82) is 0 Å². The first-order valence-electron chi connectivity index (χ1n) is 7.80. The van der Waals surface area contributed by atoms with Gasteiger partial charge in [-0.15, -0.1) is 0 Å². The topological polar surface area (TPSA) is 45.3 Å². The molecule has 0 heterocycles. The maximum atomic E-state index is 5.86. The summed E-state index contributed by atoms with van der Waals surface area (Å²) in [6.45, 7) is 2.98. The molecule has 118 valence electrons. The van der Waals surface area contributed by atoms with Crippen molar-refractivity contribution in [2.45, 2.75) is 12.8 Å². The van der Waals surface area contributed by atoms with Crippen molar-refractivity contribution in [2.24, 2.45) is 0 Å². The van der Waals surface area contributed by atoms with Gasteiger partial charge in [0.15, 0.2) is 0 Å². The molecule has 22 heavy (non-hydrogen) atoms. The van der Waals surface area contributed by atoms with Gasteiger partial charge in [-0.25, -0.2) is 0 Å². The number of hydrazine groups is 1. The molecule has 0 atom stereocenters. The Kier molecular flexibility index (Phi) is 7.46. The molecule has 0 unspecified atom stereocenters. The fourth-order valence-corrected chi connectivity index (χ4v) is 2.17. The van der Waals surface area contributed by atoms with Gasteiger partial charge in [-0.05, 0) is 62.8 Å². The summed E-state index contributed by atoms with van der Waals surface area (Å²) in [4.78, 5) is 0. The minimum Gasteiger partial charge on any atom is -0.457 e. The van der Waals surface area contributed by atoms with Crippen LogP contribution in [0.15, 0.2) is 54.6 Å². The minimum absolute atomic E-state index is 0.870. The summed E-state index contributed by atoms with van der Waals surface area (Å²) in [5.41, 5.74) is 7.29. The van der Waals surface area contributed by atoms with Crippen LogP contribution < -0.4 is 20.9 Å². The Balaban J connectivity index is 1.72. The summed E-state index contributed by atoms with van der Waals surface area (Å²) in [6.07, 6.45) is 2.11. The summed E-state index contributed by atoms with van der Waals surface area (Å²) < 4.78 is 5.86. The Morgan fingerprint density at radius 2 is 1.68 bits per heavy atom. The molecule has 0 fully saturated rings. The quantitative estimate of drug-likeness (QED) is 0.466. The Bertz CT molecular complexity index is 531. The fraction of sp³-hybridized carbons (Fsp3) is 0.333. The molecular formula is C18H25N3O. The average Bonchev–Trinajstić information content (AvgIpc) is 2.55. The van der Waals surface area contributed by atoms with Gasteiger partial charge in [-0.1, -0.05) is 30.3 Å². The van der Waals surface area contributed by atoms with Gasteiger partial charge >= 0.3 is 0 Å². The lowest BCUT2D eigenvalue weighted by Crippen LogP contribution is -2.30. The Morgan fingerprint density at radius 3 is 2.50 bits per heavy atom. The maximum Gasteiger partial charge on any atom is 0.127 e. The van der Waals surface area contributed by atoms with Crippen LogP contribution in [0.3, 0.4) is 0 Å². The number of benzene rings is 2. The van der Waals surface area contributed by atoms with Crippen LogP contribution in [0.5, 0.6) is 11.5 Å². The normalized spacial score (nSPS) is 10.6. The fourth-order valence-electron chi connectivity index (χ4n) is 2.17. The number of nitrogens with one attached hydrogen (secondary N) is 3. The molecule has 4 heteroatoms. The van der Waals surface area contributed by atoms with Crippen molar-refractivity contribution in [3.05, 3.63) is 60.2 Å². The molecular weight excluding hydrogens is 274 g/mol. The SMILES string of the molecule is CNNCCCNCCc1cccc(Oc2ccccc2)c1. The number of ether oxygens (including phenoxy) is 1. The van der Waals surface area contributed by atoms with E-state index in [1.54, 1.807) is 0 Å². The smallest absolute Gasteiger partial charge is 0.127 e. The number of hydrogen-bond acceptors (Lipinski definition) is 4. The highest BCUT2D eigenvalue weighted by molar-refractivity contribution is 5.33. The molecule has 2 aromatic rings. The van der Waals surface area contributed by atoms with Crippen molar-refractivity contribution < 1.29 is 4.74 Å². The van der Waals surface area contributed by atoms with E-state index in [1.165, 1.54) is 5.56 Å². The molecule has 0 radical (unpaired) electrons. The van der Waals surface area contributed by atoms with Gasteiger partial charge in [0, 0.05) is 6.54 Å². The first-order chi connectivity index (χ1) is 10.9. The second-order valence-corrected chi connectivity index (χ2v) is 5.09. The molecule has 0 aromatic heterocycles. The number of para-hydroxylation sites is 1. The van der Waals surface area contributed by atoms with Crippen LogP contribution in [0.2, 0.25) is 0 Å². The third kappa shape index (κ3) is 6.26. The van der Waals surface area contributed by atoms with Crippen LogP contribution in [0.1, 0.15) is 12.0 Å². The van der Waals surface area contributed by atoms with Crippen molar-refractivity contribution in [3.63, 3.8) is 0 Å². The third-order valence-corrected chi connectivity index (χ3v) is 3.30. The van der Waals surface area contributed by atoms with Crippen LogP contribution in [-0.4, -0.2) is 26.7 Å². The van der Waals surface area contributed by atoms with Gasteiger partial charge < -0.3 is 10.1 Å². The van der Waals surface area contributed by atoms with Gasteiger partial charge in [-0.3, -0.25) is 10.9 Å². The summed E-state index contributed by atoms with van der Waals surface area (Å²) in [6, 6.07) is 18.2. The summed E-state index contributed by atoms with van der Waals surface area (Å²) in [5, 5.41) is 3.45. The molecule has 0 spiro atoms. The average molecular weight is 299 g/mol. The van der Waals surface area contributed by atoms with Crippen LogP contribution in [0, 0.1) is 0 Å². The highest BCUT2D eigenvalue weighted by Gasteiger charge is 1.99. The highest BCUT2D eigenvalue weighted by Crippen LogP contribution is 2.21. The molecule has 0 aliphatic heterocycles. The lowest BCUT2D eigenvalue weighted by atomic mass is 10.1. The van der Waals surface area contributed by atoms with Gasteiger partial charge in [0.1, 0.15) is 11.5 Å². The zero-order chi connectivity index (χ0) is 15.5. The lowest BCUT2D eigenvalue weighted by Gasteiger charge is -2.08. The Morgan fingerprint density at radius 1 is 0.864 bits per heavy atom. The maximum absolute atomic E-state index is 5.86. The molecule has 0 saturated heterocycles.